The highest BCUT2D eigenvalue weighted by Crippen LogP contribution is 2.29. The molecular weight excluding hydrogens is 325 g/mol. The van der Waals surface area contributed by atoms with Crippen molar-refractivity contribution in [3.8, 4) is 0 Å². The molecule has 0 radical (unpaired) electrons. The van der Waals surface area contributed by atoms with Crippen LogP contribution in [-0.2, 0) is 14.4 Å². The molecule has 2 fully saturated rings. The van der Waals surface area contributed by atoms with Crippen molar-refractivity contribution >= 4 is 23.4 Å². The Morgan fingerprint density at radius 3 is 2.40 bits per heavy atom. The molecule has 1 saturated heterocycles. The summed E-state index contributed by atoms with van der Waals surface area (Å²) in [5, 5.41) is 5.50. The Morgan fingerprint density at radius 1 is 1.16 bits per heavy atom. The number of carbonyl (C=O) groups is 3. The second-order valence-electron chi connectivity index (χ2n) is 6.72. The molecule has 7 heteroatoms. The van der Waals surface area contributed by atoms with Crippen LogP contribution in [0.3, 0.4) is 0 Å². The van der Waals surface area contributed by atoms with E-state index in [0.717, 1.165) is 18.4 Å². The number of hydrogen-bond donors (Lipinski definition) is 2. The molecule has 2 N–H and O–H groups in total. The van der Waals surface area contributed by atoms with Crippen LogP contribution in [0.4, 0.5) is 10.1 Å². The van der Waals surface area contributed by atoms with Crippen LogP contribution in [0.25, 0.3) is 0 Å². The van der Waals surface area contributed by atoms with Gasteiger partial charge in [0.1, 0.15) is 5.82 Å². The molecule has 0 bridgehead atoms. The highest BCUT2D eigenvalue weighted by molar-refractivity contribution is 6.00. The Labute approximate surface area is 145 Å². The van der Waals surface area contributed by atoms with Crippen LogP contribution in [0, 0.1) is 24.6 Å². The predicted octanol–water partition coefficient (Wildman–Crippen LogP) is 1.13. The number of benzene rings is 1. The smallest absolute Gasteiger partial charge is 0.227 e. The molecule has 3 rings (SSSR count). The van der Waals surface area contributed by atoms with Crippen molar-refractivity contribution in [2.75, 3.05) is 24.5 Å². The van der Waals surface area contributed by atoms with E-state index in [4.69, 9.17) is 0 Å². The predicted molar refractivity (Wildman–Crippen MR) is 90.3 cm³/mol. The molecule has 3 amide bonds. The van der Waals surface area contributed by atoms with Crippen molar-refractivity contribution in [1.82, 2.24) is 10.6 Å². The fraction of sp³-hybridized carbons (Fsp3) is 0.500. The summed E-state index contributed by atoms with van der Waals surface area (Å²) in [7, 11) is 0. The van der Waals surface area contributed by atoms with Crippen LogP contribution in [0.15, 0.2) is 18.2 Å². The van der Waals surface area contributed by atoms with E-state index >= 15 is 0 Å². The number of aryl methyl sites for hydroxylation is 1. The molecule has 1 aromatic rings. The first-order valence-electron chi connectivity index (χ1n) is 8.57. The maximum absolute atomic E-state index is 14.1. The molecule has 1 aliphatic heterocycles. The number of anilines is 1. The molecule has 2 aliphatic rings. The highest BCUT2D eigenvalue weighted by atomic mass is 19.1. The fourth-order valence-corrected chi connectivity index (χ4v) is 2.95. The monoisotopic (exact) mass is 347 g/mol. The molecule has 1 saturated carbocycles. The van der Waals surface area contributed by atoms with Crippen molar-refractivity contribution in [2.24, 2.45) is 11.8 Å². The minimum atomic E-state index is -0.507. The third kappa shape index (κ3) is 4.15. The maximum Gasteiger partial charge on any atom is 0.227 e. The van der Waals surface area contributed by atoms with E-state index < -0.39 is 11.7 Å². The Balaban J connectivity index is 1.49. The summed E-state index contributed by atoms with van der Waals surface area (Å²) in [4.78, 5) is 37.2. The van der Waals surface area contributed by atoms with Crippen molar-refractivity contribution in [3.63, 3.8) is 0 Å². The lowest BCUT2D eigenvalue weighted by molar-refractivity contribution is -0.126. The Kier molecular flexibility index (Phi) is 5.01. The zero-order chi connectivity index (χ0) is 18.0. The zero-order valence-electron chi connectivity index (χ0n) is 14.2. The number of hydrogen-bond acceptors (Lipinski definition) is 3. The van der Waals surface area contributed by atoms with E-state index in [0.29, 0.717) is 13.1 Å². The van der Waals surface area contributed by atoms with Gasteiger partial charge in [-0.2, -0.15) is 0 Å². The number of halogens is 1. The Bertz CT molecular complexity index is 703. The SMILES string of the molecule is Cc1ccc(N2C[C@@H](C(=O)NCCNC(=O)C3CC3)CC2=O)c(F)c1. The topological polar surface area (TPSA) is 78.5 Å². The van der Waals surface area contributed by atoms with Gasteiger partial charge in [0, 0.05) is 32.0 Å². The summed E-state index contributed by atoms with van der Waals surface area (Å²) in [6, 6.07) is 4.68. The lowest BCUT2D eigenvalue weighted by atomic mass is 10.1. The second-order valence-corrected chi connectivity index (χ2v) is 6.72. The van der Waals surface area contributed by atoms with Crippen LogP contribution in [0.2, 0.25) is 0 Å². The summed E-state index contributed by atoms with van der Waals surface area (Å²) in [5.74, 6) is -1.30. The standard InChI is InChI=1S/C18H22FN3O3/c1-11-2-5-15(14(19)8-11)22-10-13(9-16(22)23)18(25)21-7-6-20-17(24)12-3-4-12/h2,5,8,12-13H,3-4,6-7,9-10H2,1H3,(H,20,24)(H,21,25)/t13-/m0/s1. The fourth-order valence-electron chi connectivity index (χ4n) is 2.95. The van der Waals surface area contributed by atoms with Crippen molar-refractivity contribution in [2.45, 2.75) is 26.2 Å². The minimum Gasteiger partial charge on any atom is -0.354 e. The third-order valence-corrected chi connectivity index (χ3v) is 4.56. The molecule has 1 atom stereocenters. The van der Waals surface area contributed by atoms with Crippen LogP contribution in [0.5, 0.6) is 0 Å². The quantitative estimate of drug-likeness (QED) is 0.757. The minimum absolute atomic E-state index is 0.0336. The highest BCUT2D eigenvalue weighted by Gasteiger charge is 2.36. The van der Waals surface area contributed by atoms with Crippen molar-refractivity contribution in [3.05, 3.63) is 29.6 Å². The van der Waals surface area contributed by atoms with Crippen LogP contribution in [-0.4, -0.2) is 37.4 Å². The van der Waals surface area contributed by atoms with Gasteiger partial charge >= 0.3 is 0 Å². The van der Waals surface area contributed by atoms with Gasteiger partial charge in [-0.25, -0.2) is 4.39 Å². The molecule has 0 aromatic heterocycles. The first-order valence-corrected chi connectivity index (χ1v) is 8.57. The normalized spacial score (nSPS) is 19.8. The summed E-state index contributed by atoms with van der Waals surface area (Å²) in [5.41, 5.74) is 0.984. The molecule has 25 heavy (non-hydrogen) atoms. The van der Waals surface area contributed by atoms with Crippen molar-refractivity contribution in [1.29, 1.82) is 0 Å². The molecular formula is C18H22FN3O3. The number of amides is 3. The molecule has 1 aliphatic carbocycles. The average molecular weight is 347 g/mol. The van der Waals surface area contributed by atoms with E-state index in [2.05, 4.69) is 10.6 Å². The zero-order valence-corrected chi connectivity index (χ0v) is 14.2. The van der Waals surface area contributed by atoms with E-state index in [9.17, 15) is 18.8 Å². The van der Waals surface area contributed by atoms with E-state index in [-0.39, 0.29) is 42.3 Å². The molecule has 1 aromatic carbocycles. The Morgan fingerprint density at radius 2 is 1.80 bits per heavy atom. The molecule has 0 unspecified atom stereocenters. The summed E-state index contributed by atoms with van der Waals surface area (Å²) in [6.45, 7) is 2.63. The van der Waals surface area contributed by atoms with Gasteiger partial charge < -0.3 is 15.5 Å². The molecule has 1 heterocycles. The van der Waals surface area contributed by atoms with Crippen LogP contribution >= 0.6 is 0 Å². The second kappa shape index (κ2) is 7.21. The number of nitrogens with one attached hydrogen (secondary N) is 2. The Hall–Kier alpha value is -2.44. The summed E-state index contributed by atoms with van der Waals surface area (Å²) < 4.78 is 14.1. The number of rotatable bonds is 6. The van der Waals surface area contributed by atoms with Gasteiger partial charge in [0.05, 0.1) is 11.6 Å². The van der Waals surface area contributed by atoms with Gasteiger partial charge in [0.25, 0.3) is 0 Å². The van der Waals surface area contributed by atoms with Gasteiger partial charge in [-0.3, -0.25) is 14.4 Å². The number of nitrogens with zero attached hydrogens (tertiary/aromatic N) is 1. The van der Waals surface area contributed by atoms with E-state index in [1.54, 1.807) is 19.1 Å². The van der Waals surface area contributed by atoms with E-state index in [1.807, 2.05) is 0 Å². The summed E-state index contributed by atoms with van der Waals surface area (Å²) >= 11 is 0. The van der Waals surface area contributed by atoms with Crippen molar-refractivity contribution < 1.29 is 18.8 Å². The van der Waals surface area contributed by atoms with Gasteiger partial charge in [0.15, 0.2) is 0 Å². The largest absolute Gasteiger partial charge is 0.354 e. The molecule has 6 nitrogen and oxygen atoms in total. The van der Waals surface area contributed by atoms with Crippen LogP contribution in [0.1, 0.15) is 24.8 Å². The maximum atomic E-state index is 14.1. The van der Waals surface area contributed by atoms with Crippen LogP contribution < -0.4 is 15.5 Å². The lowest BCUT2D eigenvalue weighted by Crippen LogP contribution is -2.38. The molecule has 134 valence electrons. The lowest BCUT2D eigenvalue weighted by Gasteiger charge is -2.17. The number of carbonyl (C=O) groups excluding carboxylic acids is 3. The van der Waals surface area contributed by atoms with Gasteiger partial charge in [0.2, 0.25) is 17.7 Å². The first kappa shape index (κ1) is 17.4. The molecule has 0 spiro atoms. The first-order chi connectivity index (χ1) is 12.0. The van der Waals surface area contributed by atoms with Gasteiger partial charge in [-0.05, 0) is 37.5 Å². The van der Waals surface area contributed by atoms with Gasteiger partial charge in [-0.15, -0.1) is 0 Å². The van der Waals surface area contributed by atoms with Gasteiger partial charge in [-0.1, -0.05) is 6.07 Å². The van der Waals surface area contributed by atoms with E-state index in [1.165, 1.54) is 11.0 Å². The summed E-state index contributed by atoms with van der Waals surface area (Å²) in [6.07, 6.45) is 1.94. The third-order valence-electron chi connectivity index (χ3n) is 4.56. The average Bonchev–Trinajstić information content (AvgIpc) is 3.35.